The highest BCUT2D eigenvalue weighted by Gasteiger charge is 2.18. The van der Waals surface area contributed by atoms with Crippen molar-refractivity contribution in [2.45, 2.75) is 19.5 Å². The van der Waals surface area contributed by atoms with Crippen molar-refractivity contribution in [2.75, 3.05) is 20.3 Å². The smallest absolute Gasteiger partial charge is 0.323 e. The van der Waals surface area contributed by atoms with Gasteiger partial charge < -0.3 is 25.0 Å². The summed E-state index contributed by atoms with van der Waals surface area (Å²) in [6.45, 7) is 1.97. The highest BCUT2D eigenvalue weighted by Crippen LogP contribution is 2.03. The predicted molar refractivity (Wildman–Crippen MR) is 73.9 cm³/mol. The van der Waals surface area contributed by atoms with E-state index in [1.54, 1.807) is 13.0 Å². The molecule has 2 amide bonds. The van der Waals surface area contributed by atoms with Gasteiger partial charge in [-0.25, -0.2) is 0 Å². The molecule has 1 aromatic heterocycles. The van der Waals surface area contributed by atoms with E-state index >= 15 is 0 Å². The van der Waals surface area contributed by atoms with Gasteiger partial charge in [0, 0.05) is 19.9 Å². The van der Waals surface area contributed by atoms with Crippen LogP contribution < -0.4 is 10.6 Å². The molecule has 0 spiro atoms. The third-order valence-corrected chi connectivity index (χ3v) is 2.71. The van der Waals surface area contributed by atoms with Crippen molar-refractivity contribution in [3.05, 3.63) is 24.0 Å². The molecule has 21 heavy (non-hydrogen) atoms. The summed E-state index contributed by atoms with van der Waals surface area (Å²) >= 11 is 0. The van der Waals surface area contributed by atoms with E-state index in [2.05, 4.69) is 10.6 Å². The number of aliphatic carboxylic acids is 1. The number of nitrogens with one attached hydrogen (secondary N) is 2. The Kier molecular flexibility index (Phi) is 6.41. The number of amides is 2. The second-order valence-electron chi connectivity index (χ2n) is 4.39. The van der Waals surface area contributed by atoms with Gasteiger partial charge in [-0.1, -0.05) is 0 Å². The molecule has 1 atom stereocenters. The quantitative estimate of drug-likeness (QED) is 0.558. The summed E-state index contributed by atoms with van der Waals surface area (Å²) in [5.74, 6) is -1.89. The number of carboxylic acid groups (broad SMARTS) is 1. The average molecular weight is 297 g/mol. The highest BCUT2D eigenvalue weighted by atomic mass is 16.5. The van der Waals surface area contributed by atoms with Crippen LogP contribution in [0.2, 0.25) is 0 Å². The molecule has 3 N–H and O–H groups in total. The van der Waals surface area contributed by atoms with Gasteiger partial charge in [0.15, 0.2) is 0 Å². The molecule has 0 aliphatic carbocycles. The summed E-state index contributed by atoms with van der Waals surface area (Å²) in [7, 11) is 1.52. The van der Waals surface area contributed by atoms with Crippen molar-refractivity contribution in [1.29, 1.82) is 0 Å². The van der Waals surface area contributed by atoms with Crippen molar-refractivity contribution >= 4 is 17.8 Å². The minimum absolute atomic E-state index is 0.189. The maximum atomic E-state index is 12.0. The molecular formula is C13H19N3O5. The van der Waals surface area contributed by atoms with Crippen molar-refractivity contribution in [3.8, 4) is 0 Å². The molecule has 8 heteroatoms. The van der Waals surface area contributed by atoms with E-state index in [0.717, 1.165) is 0 Å². The van der Waals surface area contributed by atoms with Gasteiger partial charge in [-0.2, -0.15) is 0 Å². The Balaban J connectivity index is 2.58. The third-order valence-electron chi connectivity index (χ3n) is 2.71. The predicted octanol–water partition coefficient (Wildman–Crippen LogP) is -0.546. The van der Waals surface area contributed by atoms with Crippen LogP contribution in [0.5, 0.6) is 0 Å². The lowest BCUT2D eigenvalue weighted by Crippen LogP contribution is -2.46. The van der Waals surface area contributed by atoms with Crippen LogP contribution in [0.25, 0.3) is 0 Å². The first-order chi connectivity index (χ1) is 9.95. The highest BCUT2D eigenvalue weighted by molar-refractivity contribution is 5.96. The number of hydrogen-bond acceptors (Lipinski definition) is 4. The van der Waals surface area contributed by atoms with E-state index in [4.69, 9.17) is 9.84 Å². The van der Waals surface area contributed by atoms with E-state index in [1.807, 2.05) is 0 Å². The monoisotopic (exact) mass is 297 g/mol. The molecule has 0 bridgehead atoms. The van der Waals surface area contributed by atoms with E-state index in [9.17, 15) is 14.4 Å². The SMILES string of the molecule is COCCNC(=O)C(C)NC(=O)c1cccn1CC(=O)O. The largest absolute Gasteiger partial charge is 0.480 e. The van der Waals surface area contributed by atoms with Crippen LogP contribution in [0.1, 0.15) is 17.4 Å². The number of methoxy groups -OCH3 is 1. The first kappa shape index (κ1) is 16.7. The normalized spacial score (nSPS) is 11.7. The molecule has 0 aliphatic rings. The first-order valence-electron chi connectivity index (χ1n) is 6.40. The summed E-state index contributed by atoms with van der Waals surface area (Å²) in [6.07, 6.45) is 1.49. The molecule has 1 heterocycles. The summed E-state index contributed by atoms with van der Waals surface area (Å²) in [5, 5.41) is 13.9. The number of rotatable bonds is 8. The number of carboxylic acids is 1. The van der Waals surface area contributed by atoms with Gasteiger partial charge in [-0.05, 0) is 19.1 Å². The molecule has 0 fully saturated rings. The summed E-state index contributed by atoms with van der Waals surface area (Å²) < 4.78 is 6.10. The van der Waals surface area contributed by atoms with Crippen molar-refractivity contribution in [1.82, 2.24) is 15.2 Å². The fraction of sp³-hybridized carbons (Fsp3) is 0.462. The zero-order valence-electron chi connectivity index (χ0n) is 12.0. The van der Waals surface area contributed by atoms with Crippen molar-refractivity contribution in [3.63, 3.8) is 0 Å². The minimum atomic E-state index is -1.05. The van der Waals surface area contributed by atoms with Crippen LogP contribution in [0.3, 0.4) is 0 Å². The third kappa shape index (κ3) is 5.27. The van der Waals surface area contributed by atoms with E-state index < -0.39 is 17.9 Å². The average Bonchev–Trinajstić information content (AvgIpc) is 2.86. The topological polar surface area (TPSA) is 110 Å². The lowest BCUT2D eigenvalue weighted by atomic mass is 10.3. The number of ether oxygens (including phenoxy) is 1. The molecule has 0 radical (unpaired) electrons. The van der Waals surface area contributed by atoms with Crippen LogP contribution in [-0.2, 0) is 20.9 Å². The molecular weight excluding hydrogens is 278 g/mol. The second kappa shape index (κ2) is 8.05. The van der Waals surface area contributed by atoms with E-state index in [0.29, 0.717) is 13.2 Å². The van der Waals surface area contributed by atoms with Gasteiger partial charge in [0.2, 0.25) is 5.91 Å². The fourth-order valence-electron chi connectivity index (χ4n) is 1.67. The molecule has 1 aromatic rings. The summed E-state index contributed by atoms with van der Waals surface area (Å²) in [6, 6.07) is 2.33. The van der Waals surface area contributed by atoms with Crippen LogP contribution in [0.4, 0.5) is 0 Å². The lowest BCUT2D eigenvalue weighted by Gasteiger charge is -2.14. The zero-order chi connectivity index (χ0) is 15.8. The number of nitrogens with zero attached hydrogens (tertiary/aromatic N) is 1. The van der Waals surface area contributed by atoms with E-state index in [1.165, 1.54) is 23.9 Å². The van der Waals surface area contributed by atoms with Crippen LogP contribution >= 0.6 is 0 Å². The number of carbonyl (C=O) groups is 3. The molecule has 0 saturated heterocycles. The molecule has 0 saturated carbocycles. The Labute approximate surface area is 122 Å². The Morgan fingerprint density at radius 3 is 2.76 bits per heavy atom. The van der Waals surface area contributed by atoms with Gasteiger partial charge in [0.25, 0.3) is 5.91 Å². The summed E-state index contributed by atoms with van der Waals surface area (Å²) in [5.41, 5.74) is 0.189. The molecule has 0 aliphatic heterocycles. The Bertz CT molecular complexity index is 512. The Hall–Kier alpha value is -2.35. The summed E-state index contributed by atoms with van der Waals surface area (Å²) in [4.78, 5) is 34.4. The van der Waals surface area contributed by atoms with Gasteiger partial charge in [-0.15, -0.1) is 0 Å². The Morgan fingerprint density at radius 1 is 1.43 bits per heavy atom. The minimum Gasteiger partial charge on any atom is -0.480 e. The van der Waals surface area contributed by atoms with Crippen molar-refractivity contribution < 1.29 is 24.2 Å². The lowest BCUT2D eigenvalue weighted by molar-refractivity contribution is -0.137. The molecule has 8 nitrogen and oxygen atoms in total. The van der Waals surface area contributed by atoms with Gasteiger partial charge in [0.1, 0.15) is 18.3 Å². The molecule has 1 unspecified atom stereocenters. The van der Waals surface area contributed by atoms with Crippen LogP contribution in [0.15, 0.2) is 18.3 Å². The van der Waals surface area contributed by atoms with E-state index in [-0.39, 0.29) is 18.1 Å². The van der Waals surface area contributed by atoms with Crippen LogP contribution in [-0.4, -0.2) is 53.8 Å². The van der Waals surface area contributed by atoms with Crippen molar-refractivity contribution in [2.24, 2.45) is 0 Å². The van der Waals surface area contributed by atoms with Gasteiger partial charge in [0.05, 0.1) is 6.61 Å². The number of carbonyl (C=O) groups excluding carboxylic acids is 2. The molecule has 116 valence electrons. The first-order valence-corrected chi connectivity index (χ1v) is 6.40. The molecule has 0 aromatic carbocycles. The van der Waals surface area contributed by atoms with Crippen LogP contribution in [0, 0.1) is 0 Å². The standard InChI is InChI=1S/C13H19N3O5/c1-9(12(19)14-5-7-21-2)15-13(20)10-4-3-6-16(10)8-11(17)18/h3-4,6,9H,5,7-8H2,1-2H3,(H,14,19)(H,15,20)(H,17,18). The van der Waals surface area contributed by atoms with Gasteiger partial charge >= 0.3 is 5.97 Å². The second-order valence-corrected chi connectivity index (χ2v) is 4.39. The Morgan fingerprint density at radius 2 is 2.14 bits per heavy atom. The molecule has 1 rings (SSSR count). The zero-order valence-corrected chi connectivity index (χ0v) is 12.0. The maximum absolute atomic E-state index is 12.0. The number of hydrogen-bond donors (Lipinski definition) is 3. The fourth-order valence-corrected chi connectivity index (χ4v) is 1.67. The van der Waals surface area contributed by atoms with Gasteiger partial charge in [-0.3, -0.25) is 14.4 Å². The number of aromatic nitrogens is 1. The maximum Gasteiger partial charge on any atom is 0.323 e.